The fourth-order valence-electron chi connectivity index (χ4n) is 4.73. The van der Waals surface area contributed by atoms with Crippen molar-refractivity contribution in [2.24, 2.45) is 0 Å². The minimum atomic E-state index is -1.04. The third-order valence-electron chi connectivity index (χ3n) is 6.39. The number of carbonyl (C=O) groups excluding carboxylic acids is 4. The number of amides is 2. The number of rotatable bonds is 9. The fraction of sp³-hybridized carbons (Fsp3) is 0.333. The number of benzene rings is 3. The van der Waals surface area contributed by atoms with Gasteiger partial charge in [-0.05, 0) is 43.4 Å². The summed E-state index contributed by atoms with van der Waals surface area (Å²) in [5.74, 6) is 0.499. The first kappa shape index (κ1) is 27.4. The number of fused-ring (bicyclic) bond motifs is 1. The number of hydrogen-bond donors (Lipinski definition) is 0. The SMILES string of the molecule is CC(C)(C)OC(=O)C[C@@H](C=O)N(C=O)c1ccc(C(C(=O)N2CCSC2)c2ccccc2)c2ccccc12. The first-order valence-corrected chi connectivity index (χ1v) is 13.7. The average molecular weight is 533 g/mol. The van der Waals surface area contributed by atoms with Gasteiger partial charge >= 0.3 is 5.97 Å². The number of aldehydes is 1. The Morgan fingerprint density at radius 1 is 1.00 bits per heavy atom. The molecule has 3 aromatic carbocycles. The van der Waals surface area contributed by atoms with Gasteiger partial charge in [0.25, 0.3) is 0 Å². The maximum atomic E-state index is 13.8. The van der Waals surface area contributed by atoms with Crippen LogP contribution in [0, 0.1) is 0 Å². The molecule has 1 heterocycles. The molecule has 0 saturated carbocycles. The molecule has 198 valence electrons. The zero-order chi connectivity index (χ0) is 27.3. The lowest BCUT2D eigenvalue weighted by Gasteiger charge is -2.28. The van der Waals surface area contributed by atoms with Crippen molar-refractivity contribution in [1.82, 2.24) is 4.90 Å². The molecule has 1 saturated heterocycles. The summed E-state index contributed by atoms with van der Waals surface area (Å²) >= 11 is 1.73. The molecule has 4 rings (SSSR count). The molecule has 8 heteroatoms. The lowest BCUT2D eigenvalue weighted by atomic mass is 9.86. The number of ether oxygens (including phenoxy) is 1. The van der Waals surface area contributed by atoms with Crippen LogP contribution in [0.15, 0.2) is 66.7 Å². The van der Waals surface area contributed by atoms with Crippen molar-refractivity contribution in [3.8, 4) is 0 Å². The van der Waals surface area contributed by atoms with Gasteiger partial charge in [0, 0.05) is 17.7 Å². The van der Waals surface area contributed by atoms with E-state index < -0.39 is 23.5 Å². The Labute approximate surface area is 227 Å². The minimum absolute atomic E-state index is 0.0297. The zero-order valence-corrected chi connectivity index (χ0v) is 22.6. The van der Waals surface area contributed by atoms with Gasteiger partial charge in [0.15, 0.2) is 0 Å². The van der Waals surface area contributed by atoms with Crippen LogP contribution >= 0.6 is 11.8 Å². The van der Waals surface area contributed by atoms with Crippen LogP contribution in [0.3, 0.4) is 0 Å². The summed E-state index contributed by atoms with van der Waals surface area (Å²) in [6.07, 6.45) is 0.877. The Morgan fingerprint density at radius 2 is 1.68 bits per heavy atom. The predicted octanol–water partition coefficient (Wildman–Crippen LogP) is 4.77. The van der Waals surface area contributed by atoms with Crippen molar-refractivity contribution < 1.29 is 23.9 Å². The van der Waals surface area contributed by atoms with E-state index in [4.69, 9.17) is 4.74 Å². The molecule has 0 aliphatic carbocycles. The lowest BCUT2D eigenvalue weighted by Crippen LogP contribution is -2.39. The van der Waals surface area contributed by atoms with Crippen molar-refractivity contribution in [1.29, 1.82) is 0 Å². The van der Waals surface area contributed by atoms with E-state index in [1.54, 1.807) is 38.6 Å². The molecule has 2 amide bonds. The second-order valence-corrected chi connectivity index (χ2v) is 11.3. The van der Waals surface area contributed by atoms with Crippen LogP contribution in [0.1, 0.15) is 44.2 Å². The molecule has 1 unspecified atom stereocenters. The molecule has 0 radical (unpaired) electrons. The smallest absolute Gasteiger partial charge is 0.308 e. The number of esters is 1. The van der Waals surface area contributed by atoms with E-state index >= 15 is 0 Å². The molecule has 0 bridgehead atoms. The van der Waals surface area contributed by atoms with Gasteiger partial charge in [-0.25, -0.2) is 0 Å². The first-order chi connectivity index (χ1) is 18.2. The summed E-state index contributed by atoms with van der Waals surface area (Å²) < 4.78 is 5.38. The lowest BCUT2D eigenvalue weighted by molar-refractivity contribution is -0.155. The van der Waals surface area contributed by atoms with Crippen molar-refractivity contribution in [2.75, 3.05) is 23.1 Å². The number of carbonyl (C=O) groups is 4. The first-order valence-electron chi connectivity index (χ1n) is 12.6. The summed E-state index contributed by atoms with van der Waals surface area (Å²) in [7, 11) is 0. The Bertz CT molecular complexity index is 1320. The Morgan fingerprint density at radius 3 is 2.29 bits per heavy atom. The molecule has 2 atom stereocenters. The quantitative estimate of drug-likeness (QED) is 0.292. The van der Waals surface area contributed by atoms with E-state index in [0.717, 1.165) is 22.3 Å². The van der Waals surface area contributed by atoms with Crippen molar-refractivity contribution in [2.45, 2.75) is 44.8 Å². The second-order valence-electron chi connectivity index (χ2n) is 10.2. The van der Waals surface area contributed by atoms with E-state index in [1.165, 1.54) is 4.90 Å². The molecule has 1 aliphatic rings. The molecule has 1 fully saturated rings. The zero-order valence-electron chi connectivity index (χ0n) is 21.8. The highest BCUT2D eigenvalue weighted by Crippen LogP contribution is 2.38. The molecule has 38 heavy (non-hydrogen) atoms. The highest BCUT2D eigenvalue weighted by Gasteiger charge is 2.32. The van der Waals surface area contributed by atoms with Crippen LogP contribution in [0.4, 0.5) is 5.69 Å². The van der Waals surface area contributed by atoms with Crippen molar-refractivity contribution in [3.05, 3.63) is 77.9 Å². The maximum absolute atomic E-state index is 13.8. The molecule has 3 aromatic rings. The third-order valence-corrected chi connectivity index (χ3v) is 7.36. The highest BCUT2D eigenvalue weighted by atomic mass is 32.2. The average Bonchev–Trinajstić information content (AvgIpc) is 3.44. The monoisotopic (exact) mass is 532 g/mol. The number of hydrogen-bond acceptors (Lipinski definition) is 6. The van der Waals surface area contributed by atoms with E-state index in [2.05, 4.69) is 0 Å². The Balaban J connectivity index is 1.78. The summed E-state index contributed by atoms with van der Waals surface area (Å²) in [4.78, 5) is 53.8. The van der Waals surface area contributed by atoms with Gasteiger partial charge in [-0.3, -0.25) is 14.4 Å². The van der Waals surface area contributed by atoms with Crippen molar-refractivity contribution >= 4 is 52.8 Å². The van der Waals surface area contributed by atoms with Crippen LogP contribution in [0.2, 0.25) is 0 Å². The van der Waals surface area contributed by atoms with E-state index in [0.29, 0.717) is 36.2 Å². The van der Waals surface area contributed by atoms with Gasteiger partial charge in [0.2, 0.25) is 12.3 Å². The normalized spacial score (nSPS) is 15.1. The largest absolute Gasteiger partial charge is 0.460 e. The Hall–Kier alpha value is -3.65. The van der Waals surface area contributed by atoms with E-state index in [-0.39, 0.29) is 12.3 Å². The van der Waals surface area contributed by atoms with Gasteiger partial charge in [-0.15, -0.1) is 11.8 Å². The van der Waals surface area contributed by atoms with Gasteiger partial charge < -0.3 is 19.3 Å². The van der Waals surface area contributed by atoms with Crippen LogP contribution < -0.4 is 4.90 Å². The van der Waals surface area contributed by atoms with E-state index in [9.17, 15) is 19.2 Å². The van der Waals surface area contributed by atoms with Gasteiger partial charge in [-0.1, -0.05) is 60.7 Å². The predicted molar refractivity (Wildman–Crippen MR) is 150 cm³/mol. The summed E-state index contributed by atoms with van der Waals surface area (Å²) in [5, 5.41) is 1.51. The molecular formula is C30H32N2O5S. The summed E-state index contributed by atoms with van der Waals surface area (Å²) in [6, 6.07) is 19.7. The molecule has 0 aromatic heterocycles. The molecule has 0 spiro atoms. The Kier molecular flexibility index (Phi) is 8.52. The second kappa shape index (κ2) is 11.8. The van der Waals surface area contributed by atoms with Crippen LogP contribution in [0.5, 0.6) is 0 Å². The number of thioether (sulfide) groups is 1. The van der Waals surface area contributed by atoms with Crippen LogP contribution in [-0.2, 0) is 23.9 Å². The minimum Gasteiger partial charge on any atom is -0.460 e. The maximum Gasteiger partial charge on any atom is 0.308 e. The van der Waals surface area contributed by atoms with Gasteiger partial charge in [0.1, 0.15) is 17.9 Å². The summed E-state index contributed by atoms with van der Waals surface area (Å²) in [6.45, 7) is 5.94. The fourth-order valence-corrected chi connectivity index (χ4v) is 5.69. The number of nitrogens with zero attached hydrogens (tertiary/aromatic N) is 2. The molecule has 7 nitrogen and oxygen atoms in total. The molecule has 0 N–H and O–H groups in total. The van der Waals surface area contributed by atoms with Crippen LogP contribution in [-0.4, -0.2) is 59.3 Å². The van der Waals surface area contributed by atoms with Gasteiger partial charge in [0.05, 0.1) is 23.9 Å². The van der Waals surface area contributed by atoms with E-state index in [1.807, 2.05) is 65.6 Å². The van der Waals surface area contributed by atoms with Crippen molar-refractivity contribution in [3.63, 3.8) is 0 Å². The number of anilines is 1. The molecule has 1 aliphatic heterocycles. The molecular weight excluding hydrogens is 500 g/mol. The summed E-state index contributed by atoms with van der Waals surface area (Å²) in [5.41, 5.74) is 1.47. The third kappa shape index (κ3) is 6.07. The topological polar surface area (TPSA) is 84.0 Å². The van der Waals surface area contributed by atoms with Crippen LogP contribution in [0.25, 0.3) is 10.8 Å². The van der Waals surface area contributed by atoms with Gasteiger partial charge in [-0.2, -0.15) is 0 Å². The standard InChI is InChI=1S/C30H32N2O5S/c1-30(2,3)37-27(35)17-22(18-33)32(19-34)26-14-13-25(23-11-7-8-12-24(23)26)28(21-9-5-4-6-10-21)29(36)31-15-16-38-20-31/h4-14,18-19,22,28H,15-17,20H2,1-3H3/t22-,28?/m0/s1. The highest BCUT2D eigenvalue weighted by molar-refractivity contribution is 7.99.